The van der Waals surface area contributed by atoms with Crippen molar-refractivity contribution in [1.29, 1.82) is 0 Å². The van der Waals surface area contributed by atoms with E-state index in [1.54, 1.807) is 13.2 Å². The Morgan fingerprint density at radius 1 is 1.16 bits per heavy atom. The molecule has 0 radical (unpaired) electrons. The van der Waals surface area contributed by atoms with Crippen LogP contribution in [0.3, 0.4) is 0 Å². The van der Waals surface area contributed by atoms with Gasteiger partial charge >= 0.3 is 5.69 Å². The maximum absolute atomic E-state index is 12.4. The first-order valence-corrected chi connectivity index (χ1v) is 8.80. The Morgan fingerprint density at radius 3 is 2.56 bits per heavy atom. The van der Waals surface area contributed by atoms with Crippen LogP contribution < -0.4 is 16.6 Å². The minimum Gasteiger partial charge on any atom is -0.314 e. The lowest BCUT2D eigenvalue weighted by molar-refractivity contribution is 0.152. The summed E-state index contributed by atoms with van der Waals surface area (Å²) in [6.45, 7) is 5.32. The summed E-state index contributed by atoms with van der Waals surface area (Å²) in [5.74, 6) is 0. The Bertz CT molecular complexity index is 851. The van der Waals surface area contributed by atoms with Gasteiger partial charge in [-0.05, 0) is 17.5 Å². The molecule has 3 rings (SSSR count). The van der Waals surface area contributed by atoms with Crippen LogP contribution in [0.25, 0.3) is 0 Å². The minimum absolute atomic E-state index is 0.207. The highest BCUT2D eigenvalue weighted by Gasteiger charge is 2.25. The first-order valence-electron chi connectivity index (χ1n) is 8.80. The van der Waals surface area contributed by atoms with E-state index in [4.69, 9.17) is 0 Å². The van der Waals surface area contributed by atoms with Gasteiger partial charge in [-0.2, -0.15) is 0 Å². The van der Waals surface area contributed by atoms with Gasteiger partial charge < -0.3 is 9.88 Å². The summed E-state index contributed by atoms with van der Waals surface area (Å²) >= 11 is 0. The lowest BCUT2D eigenvalue weighted by Crippen LogP contribution is -2.47. The molecule has 25 heavy (non-hydrogen) atoms. The molecule has 1 unspecified atom stereocenters. The van der Waals surface area contributed by atoms with Crippen LogP contribution in [-0.4, -0.2) is 33.7 Å². The van der Waals surface area contributed by atoms with Crippen molar-refractivity contribution in [2.75, 3.05) is 19.6 Å². The van der Waals surface area contributed by atoms with E-state index in [-0.39, 0.29) is 17.3 Å². The van der Waals surface area contributed by atoms with Crippen LogP contribution in [0.15, 0.2) is 40.1 Å². The van der Waals surface area contributed by atoms with Crippen molar-refractivity contribution in [2.45, 2.75) is 25.9 Å². The molecule has 0 spiro atoms. The third-order valence-corrected chi connectivity index (χ3v) is 5.02. The number of piperazine rings is 1. The van der Waals surface area contributed by atoms with Crippen molar-refractivity contribution in [3.8, 4) is 0 Å². The highest BCUT2D eigenvalue weighted by atomic mass is 16.2. The fraction of sp³-hybridized carbons (Fsp3) is 0.474. The summed E-state index contributed by atoms with van der Waals surface area (Å²) in [5.41, 5.74) is 2.74. The van der Waals surface area contributed by atoms with E-state index in [9.17, 15) is 9.59 Å². The maximum atomic E-state index is 12.4. The van der Waals surface area contributed by atoms with E-state index in [0.717, 1.165) is 26.1 Å². The first-order chi connectivity index (χ1) is 12.0. The zero-order valence-electron chi connectivity index (χ0n) is 15.2. The molecule has 1 N–H and O–H groups in total. The number of aryl methyl sites for hydroxylation is 2. The highest BCUT2D eigenvalue weighted by Crippen LogP contribution is 2.24. The molecule has 1 aromatic heterocycles. The Morgan fingerprint density at radius 2 is 1.88 bits per heavy atom. The molecule has 2 aromatic rings. The summed E-state index contributed by atoms with van der Waals surface area (Å²) < 4.78 is 2.66. The molecule has 6 heteroatoms. The van der Waals surface area contributed by atoms with Gasteiger partial charge in [0.2, 0.25) is 0 Å². The van der Waals surface area contributed by atoms with Crippen LogP contribution >= 0.6 is 0 Å². The summed E-state index contributed by atoms with van der Waals surface area (Å²) in [6, 6.07) is 8.94. The molecule has 1 fully saturated rings. The first kappa shape index (κ1) is 17.6. The van der Waals surface area contributed by atoms with Crippen LogP contribution in [0, 0.1) is 0 Å². The average Bonchev–Trinajstić information content (AvgIpc) is 2.65. The summed E-state index contributed by atoms with van der Waals surface area (Å²) in [5, 5.41) is 3.44. The molecule has 0 saturated carbocycles. The normalized spacial score (nSPS) is 18.4. The number of nitrogens with zero attached hydrogens (tertiary/aromatic N) is 3. The monoisotopic (exact) mass is 342 g/mol. The van der Waals surface area contributed by atoms with Crippen molar-refractivity contribution in [3.05, 3.63) is 68.0 Å². The Balaban J connectivity index is 1.89. The molecular formula is C19H26N4O2. The number of nitrogens with one attached hydrogen (secondary N) is 1. The van der Waals surface area contributed by atoms with Crippen LogP contribution in [0.1, 0.15) is 29.7 Å². The summed E-state index contributed by atoms with van der Waals surface area (Å²) in [7, 11) is 3.22. The average molecular weight is 342 g/mol. The maximum Gasteiger partial charge on any atom is 0.330 e. The molecule has 6 nitrogen and oxygen atoms in total. The largest absolute Gasteiger partial charge is 0.330 e. The molecule has 0 bridgehead atoms. The van der Waals surface area contributed by atoms with Gasteiger partial charge in [-0.15, -0.1) is 0 Å². The SMILES string of the molecule is CCc1ccc(C2CNCCN2Cc2cn(C)c(=O)n(C)c2=O)cc1. The lowest BCUT2D eigenvalue weighted by atomic mass is 10.0. The van der Waals surface area contributed by atoms with Gasteiger partial charge in [0.25, 0.3) is 5.56 Å². The topological polar surface area (TPSA) is 59.3 Å². The van der Waals surface area contributed by atoms with Gasteiger partial charge in [0.1, 0.15) is 0 Å². The zero-order chi connectivity index (χ0) is 18.0. The predicted octanol–water partition coefficient (Wildman–Crippen LogP) is 0.793. The van der Waals surface area contributed by atoms with Gasteiger partial charge in [-0.25, -0.2) is 4.79 Å². The predicted molar refractivity (Wildman–Crippen MR) is 98.8 cm³/mol. The van der Waals surface area contributed by atoms with Crippen molar-refractivity contribution in [2.24, 2.45) is 14.1 Å². The van der Waals surface area contributed by atoms with Gasteiger partial charge in [-0.1, -0.05) is 31.2 Å². The van der Waals surface area contributed by atoms with E-state index in [1.165, 1.54) is 27.3 Å². The van der Waals surface area contributed by atoms with Gasteiger partial charge in [0.05, 0.1) is 0 Å². The molecule has 2 heterocycles. The number of benzene rings is 1. The van der Waals surface area contributed by atoms with Crippen molar-refractivity contribution < 1.29 is 0 Å². The number of hydrogen-bond donors (Lipinski definition) is 1. The van der Waals surface area contributed by atoms with E-state index in [2.05, 4.69) is 41.4 Å². The lowest BCUT2D eigenvalue weighted by Gasteiger charge is -2.36. The Labute approximate surface area is 147 Å². The standard InChI is InChI=1S/C19H26N4O2/c1-4-14-5-7-15(8-6-14)17-11-20-9-10-23(17)13-16-12-21(2)19(25)22(3)18(16)24/h5-8,12,17,20H,4,9-11,13H2,1-3H3. The molecule has 1 aromatic carbocycles. The molecule has 1 saturated heterocycles. The van der Waals surface area contributed by atoms with Crippen molar-refractivity contribution >= 4 is 0 Å². The molecule has 134 valence electrons. The second kappa shape index (κ2) is 7.37. The van der Waals surface area contributed by atoms with Crippen LogP contribution in [-0.2, 0) is 27.1 Å². The third-order valence-electron chi connectivity index (χ3n) is 5.02. The zero-order valence-corrected chi connectivity index (χ0v) is 15.2. The van der Waals surface area contributed by atoms with E-state index >= 15 is 0 Å². The van der Waals surface area contributed by atoms with Gasteiger partial charge in [0.15, 0.2) is 0 Å². The summed E-state index contributed by atoms with van der Waals surface area (Å²) in [6.07, 6.45) is 2.70. The van der Waals surface area contributed by atoms with Crippen molar-refractivity contribution in [3.63, 3.8) is 0 Å². The number of aromatic nitrogens is 2. The molecule has 1 atom stereocenters. The molecular weight excluding hydrogens is 316 g/mol. The van der Waals surface area contributed by atoms with Crippen LogP contribution in [0.5, 0.6) is 0 Å². The fourth-order valence-corrected chi connectivity index (χ4v) is 3.45. The van der Waals surface area contributed by atoms with Gasteiger partial charge in [0, 0.05) is 58.1 Å². The van der Waals surface area contributed by atoms with E-state index in [0.29, 0.717) is 12.1 Å². The smallest absolute Gasteiger partial charge is 0.314 e. The fourth-order valence-electron chi connectivity index (χ4n) is 3.45. The number of hydrogen-bond acceptors (Lipinski definition) is 4. The second-order valence-corrected chi connectivity index (χ2v) is 6.70. The number of rotatable bonds is 4. The molecule has 0 amide bonds. The third kappa shape index (κ3) is 3.60. The van der Waals surface area contributed by atoms with Gasteiger partial charge in [-0.3, -0.25) is 14.3 Å². The second-order valence-electron chi connectivity index (χ2n) is 6.70. The van der Waals surface area contributed by atoms with Crippen LogP contribution in [0.4, 0.5) is 0 Å². The molecule has 0 aliphatic carbocycles. The molecule has 1 aliphatic heterocycles. The molecule has 1 aliphatic rings. The highest BCUT2D eigenvalue weighted by molar-refractivity contribution is 5.26. The van der Waals surface area contributed by atoms with Crippen LogP contribution in [0.2, 0.25) is 0 Å². The minimum atomic E-state index is -0.291. The van der Waals surface area contributed by atoms with Crippen molar-refractivity contribution in [1.82, 2.24) is 19.4 Å². The Hall–Kier alpha value is -2.18. The summed E-state index contributed by atoms with van der Waals surface area (Å²) in [4.78, 5) is 26.6. The quantitative estimate of drug-likeness (QED) is 0.893. The van der Waals surface area contributed by atoms with E-state index in [1.807, 2.05) is 0 Å². The Kier molecular flexibility index (Phi) is 5.20. The van der Waals surface area contributed by atoms with E-state index < -0.39 is 0 Å².